The van der Waals surface area contributed by atoms with Crippen LogP contribution in [0.2, 0.25) is 0 Å². The van der Waals surface area contributed by atoms with Gasteiger partial charge in [-0.3, -0.25) is 9.69 Å². The first kappa shape index (κ1) is 10.3. The van der Waals surface area contributed by atoms with Crippen molar-refractivity contribution in [3.8, 4) is 0 Å². The zero-order chi connectivity index (χ0) is 10.2. The topological polar surface area (TPSA) is 20.3 Å². The Morgan fingerprint density at radius 2 is 2.00 bits per heavy atom. The molecule has 3 heteroatoms. The zero-order valence-electron chi connectivity index (χ0n) is 9.00. The van der Waals surface area contributed by atoms with Gasteiger partial charge >= 0.3 is 0 Å². The van der Waals surface area contributed by atoms with Gasteiger partial charge < -0.3 is 4.48 Å². The number of rotatable bonds is 2. The number of hydrogen-bond acceptors (Lipinski definition) is 1. The molecule has 0 aromatic carbocycles. The number of quaternary nitrogens is 1. The van der Waals surface area contributed by atoms with Crippen molar-refractivity contribution in [2.45, 2.75) is 19.5 Å². The molecule has 1 rings (SSSR count). The van der Waals surface area contributed by atoms with E-state index in [0.717, 1.165) is 17.4 Å². The van der Waals surface area contributed by atoms with Crippen molar-refractivity contribution >= 4 is 5.91 Å². The summed E-state index contributed by atoms with van der Waals surface area (Å²) >= 11 is 0. The Morgan fingerprint density at radius 3 is 2.23 bits per heavy atom. The van der Waals surface area contributed by atoms with Gasteiger partial charge in [-0.25, -0.2) is 0 Å². The summed E-state index contributed by atoms with van der Waals surface area (Å²) < 4.78 is 0.818. The highest BCUT2D eigenvalue weighted by Crippen LogP contribution is 2.24. The molecule has 1 heterocycles. The van der Waals surface area contributed by atoms with Crippen LogP contribution in [0.5, 0.6) is 0 Å². The lowest BCUT2D eigenvalue weighted by atomic mass is 10.1. The molecule has 3 nitrogen and oxygen atoms in total. The van der Waals surface area contributed by atoms with Crippen LogP contribution in [0.3, 0.4) is 0 Å². The number of hydrogen-bond donors (Lipinski definition) is 0. The van der Waals surface area contributed by atoms with Crippen molar-refractivity contribution in [1.82, 2.24) is 4.90 Å². The van der Waals surface area contributed by atoms with Crippen LogP contribution in [-0.4, -0.2) is 49.1 Å². The molecule has 1 atom stereocenters. The van der Waals surface area contributed by atoms with E-state index in [4.69, 9.17) is 0 Å². The van der Waals surface area contributed by atoms with E-state index in [1.165, 1.54) is 0 Å². The molecule has 13 heavy (non-hydrogen) atoms. The minimum atomic E-state index is 0.101. The second-order valence-corrected chi connectivity index (χ2v) is 4.66. The lowest BCUT2D eigenvalue weighted by Gasteiger charge is -2.48. The van der Waals surface area contributed by atoms with Gasteiger partial charge in [-0.1, -0.05) is 6.58 Å². The monoisotopic (exact) mass is 183 g/mol. The van der Waals surface area contributed by atoms with E-state index < -0.39 is 0 Å². The average molecular weight is 183 g/mol. The fourth-order valence-electron chi connectivity index (χ4n) is 1.66. The molecule has 1 aliphatic rings. The number of likely N-dealkylation sites (tertiary alicyclic amines) is 1. The molecule has 0 N–H and O–H groups in total. The van der Waals surface area contributed by atoms with Crippen LogP contribution >= 0.6 is 0 Å². The van der Waals surface area contributed by atoms with E-state index in [1.54, 1.807) is 6.92 Å². The Bertz CT molecular complexity index is 240. The molecule has 0 bridgehead atoms. The van der Waals surface area contributed by atoms with Crippen LogP contribution in [0.15, 0.2) is 12.2 Å². The minimum absolute atomic E-state index is 0.101. The summed E-state index contributed by atoms with van der Waals surface area (Å²) in [5.41, 5.74) is 0.637. The molecular weight excluding hydrogens is 164 g/mol. The van der Waals surface area contributed by atoms with Crippen molar-refractivity contribution < 1.29 is 9.28 Å². The first-order chi connectivity index (χ1) is 5.84. The van der Waals surface area contributed by atoms with Crippen molar-refractivity contribution in [1.29, 1.82) is 0 Å². The third kappa shape index (κ3) is 1.91. The van der Waals surface area contributed by atoms with Gasteiger partial charge in [0.15, 0.2) is 6.17 Å². The highest BCUT2D eigenvalue weighted by molar-refractivity contribution is 5.92. The molecule has 1 amide bonds. The van der Waals surface area contributed by atoms with E-state index in [0.29, 0.717) is 11.7 Å². The smallest absolute Gasteiger partial charge is 0.253 e. The molecule has 0 spiro atoms. The van der Waals surface area contributed by atoms with Gasteiger partial charge in [-0.2, -0.15) is 0 Å². The quantitative estimate of drug-likeness (QED) is 0.458. The van der Waals surface area contributed by atoms with Crippen LogP contribution in [0.25, 0.3) is 0 Å². The van der Waals surface area contributed by atoms with Crippen LogP contribution in [0.1, 0.15) is 13.3 Å². The second-order valence-electron chi connectivity index (χ2n) is 4.66. The van der Waals surface area contributed by atoms with Gasteiger partial charge in [-0.05, 0) is 6.92 Å². The maximum Gasteiger partial charge on any atom is 0.253 e. The highest BCUT2D eigenvalue weighted by Gasteiger charge is 2.41. The molecule has 74 valence electrons. The van der Waals surface area contributed by atoms with Gasteiger partial charge in [-0.15, -0.1) is 0 Å². The molecule has 1 unspecified atom stereocenters. The molecule has 0 saturated carbocycles. The lowest BCUT2D eigenvalue weighted by molar-refractivity contribution is -0.913. The normalized spacial score (nSPS) is 22.5. The van der Waals surface area contributed by atoms with E-state index in [2.05, 4.69) is 27.7 Å². The Hall–Kier alpha value is -0.830. The Balaban J connectivity index is 2.65. The first-order valence-electron chi connectivity index (χ1n) is 4.61. The molecule has 1 aliphatic heterocycles. The predicted octanol–water partition coefficient (Wildman–Crippen LogP) is 0.827. The maximum absolute atomic E-state index is 11.6. The minimum Gasteiger partial charge on any atom is -0.311 e. The van der Waals surface area contributed by atoms with Gasteiger partial charge in [0.1, 0.15) is 0 Å². The fraction of sp³-hybridized carbons (Fsp3) is 0.700. The summed E-state index contributed by atoms with van der Waals surface area (Å²) in [6.07, 6.45) is 1.44. The number of nitrogens with zero attached hydrogens (tertiary/aromatic N) is 2. The van der Waals surface area contributed by atoms with Crippen LogP contribution in [0, 0.1) is 0 Å². The number of carbonyl (C=O) groups excluding carboxylic acids is 1. The van der Waals surface area contributed by atoms with Gasteiger partial charge in [0, 0.05) is 18.5 Å². The largest absolute Gasteiger partial charge is 0.311 e. The third-order valence-corrected chi connectivity index (χ3v) is 2.51. The standard InChI is InChI=1S/C10H19N2O/c1-8(2)10(13)11-7-6-9(11)12(3,4)5/h9H,1,6-7H2,2-5H3/q+1. The molecule has 0 aromatic heterocycles. The van der Waals surface area contributed by atoms with Crippen LogP contribution in [0.4, 0.5) is 0 Å². The van der Waals surface area contributed by atoms with E-state index in [-0.39, 0.29) is 5.91 Å². The molecule has 0 radical (unpaired) electrons. The van der Waals surface area contributed by atoms with E-state index >= 15 is 0 Å². The molecule has 1 saturated heterocycles. The summed E-state index contributed by atoms with van der Waals surface area (Å²) in [6, 6.07) is 0. The highest BCUT2D eigenvalue weighted by atomic mass is 16.2. The molecular formula is C10H19N2O+. The molecule has 0 aliphatic carbocycles. The fourth-order valence-corrected chi connectivity index (χ4v) is 1.66. The first-order valence-corrected chi connectivity index (χ1v) is 4.61. The summed E-state index contributed by atoms with van der Waals surface area (Å²) in [5.74, 6) is 0.101. The Labute approximate surface area is 80.2 Å². The van der Waals surface area contributed by atoms with E-state index in [9.17, 15) is 4.79 Å². The van der Waals surface area contributed by atoms with Gasteiger partial charge in [0.25, 0.3) is 5.91 Å². The summed E-state index contributed by atoms with van der Waals surface area (Å²) in [5, 5.41) is 0. The lowest BCUT2D eigenvalue weighted by Crippen LogP contribution is -2.64. The third-order valence-electron chi connectivity index (χ3n) is 2.51. The second kappa shape index (κ2) is 3.14. The van der Waals surface area contributed by atoms with Crippen molar-refractivity contribution in [3.05, 3.63) is 12.2 Å². The predicted molar refractivity (Wildman–Crippen MR) is 53.0 cm³/mol. The average Bonchev–Trinajstić information content (AvgIpc) is 1.79. The van der Waals surface area contributed by atoms with Crippen LogP contribution < -0.4 is 0 Å². The van der Waals surface area contributed by atoms with Gasteiger partial charge in [0.05, 0.1) is 21.1 Å². The van der Waals surface area contributed by atoms with Crippen molar-refractivity contribution in [3.63, 3.8) is 0 Å². The Kier molecular flexibility index (Phi) is 2.48. The van der Waals surface area contributed by atoms with E-state index in [1.807, 2.05) is 4.90 Å². The summed E-state index contributed by atoms with van der Waals surface area (Å²) in [4.78, 5) is 13.5. The zero-order valence-corrected chi connectivity index (χ0v) is 9.00. The van der Waals surface area contributed by atoms with Crippen molar-refractivity contribution in [2.24, 2.45) is 0 Å². The Morgan fingerprint density at radius 1 is 1.46 bits per heavy atom. The SMILES string of the molecule is C=C(C)C(=O)N1CCC1[N+](C)(C)C. The number of carbonyl (C=O) groups is 1. The summed E-state index contributed by atoms with van der Waals surface area (Å²) in [6.45, 7) is 6.33. The molecule has 0 aromatic rings. The summed E-state index contributed by atoms with van der Waals surface area (Å²) in [7, 11) is 6.34. The van der Waals surface area contributed by atoms with Gasteiger partial charge in [0.2, 0.25) is 0 Å². The van der Waals surface area contributed by atoms with Crippen LogP contribution in [-0.2, 0) is 4.79 Å². The maximum atomic E-state index is 11.6. The number of amides is 1. The van der Waals surface area contributed by atoms with Crippen molar-refractivity contribution in [2.75, 3.05) is 27.7 Å². The molecule has 1 fully saturated rings.